The second-order valence-corrected chi connectivity index (χ2v) is 5.77. The Hall–Kier alpha value is -2.66. The summed E-state index contributed by atoms with van der Waals surface area (Å²) in [5.74, 6) is 0. The molecule has 2 heterocycles. The molecule has 0 saturated carbocycles. The first-order valence-electron chi connectivity index (χ1n) is 6.96. The molecule has 4 rings (SSSR count). The highest BCUT2D eigenvalue weighted by Crippen LogP contribution is 2.29. The first-order valence-corrected chi connectivity index (χ1v) is 7.84. The van der Waals surface area contributed by atoms with Crippen LogP contribution in [0.25, 0.3) is 11.1 Å². The largest absolute Gasteiger partial charge is 0.424 e. The van der Waals surface area contributed by atoms with E-state index in [4.69, 9.17) is 4.42 Å². The Morgan fingerprint density at radius 2 is 1.82 bits per heavy atom. The maximum absolute atomic E-state index is 5.77. The van der Waals surface area contributed by atoms with Crippen molar-refractivity contribution in [2.45, 2.75) is 6.04 Å². The molecule has 0 spiro atoms. The number of anilines is 1. The van der Waals surface area contributed by atoms with Gasteiger partial charge < -0.3 is 9.73 Å². The van der Waals surface area contributed by atoms with Crippen molar-refractivity contribution in [1.29, 1.82) is 0 Å². The topological polar surface area (TPSA) is 51.0 Å². The Bertz CT molecular complexity index is 838. The number of aromatic nitrogens is 2. The van der Waals surface area contributed by atoms with Gasteiger partial charge in [-0.2, -0.15) is 4.98 Å². The van der Waals surface area contributed by atoms with Crippen molar-refractivity contribution < 1.29 is 4.42 Å². The van der Waals surface area contributed by atoms with Gasteiger partial charge in [0.2, 0.25) is 0 Å². The quantitative estimate of drug-likeness (QED) is 0.603. The molecule has 2 aromatic carbocycles. The van der Waals surface area contributed by atoms with Gasteiger partial charge in [0.25, 0.3) is 6.01 Å². The van der Waals surface area contributed by atoms with E-state index < -0.39 is 0 Å². The number of nitrogens with zero attached hydrogens (tertiary/aromatic N) is 2. The van der Waals surface area contributed by atoms with Crippen molar-refractivity contribution in [3.8, 4) is 0 Å². The Morgan fingerprint density at radius 3 is 2.59 bits per heavy atom. The van der Waals surface area contributed by atoms with Crippen LogP contribution in [0, 0.1) is 0 Å². The molecule has 108 valence electrons. The Balaban J connectivity index is 1.72. The summed E-state index contributed by atoms with van der Waals surface area (Å²) in [6.07, 6.45) is 1.81. The summed E-state index contributed by atoms with van der Waals surface area (Å²) in [4.78, 5) is 8.92. The predicted octanol–water partition coefficient (Wildman–Crippen LogP) is 4.49. The fraction of sp³-hybridized carbons (Fsp3) is 0.0588. The van der Waals surface area contributed by atoms with E-state index >= 15 is 0 Å². The number of rotatable bonds is 4. The smallest absolute Gasteiger partial charge is 0.296 e. The van der Waals surface area contributed by atoms with Crippen molar-refractivity contribution in [1.82, 2.24) is 9.97 Å². The van der Waals surface area contributed by atoms with Gasteiger partial charge in [0.05, 0.1) is 0 Å². The first-order chi connectivity index (χ1) is 10.9. The zero-order valence-electron chi connectivity index (χ0n) is 11.6. The molecule has 0 fully saturated rings. The van der Waals surface area contributed by atoms with Crippen LogP contribution in [0.2, 0.25) is 0 Å². The molecule has 0 amide bonds. The Morgan fingerprint density at radius 1 is 1.00 bits per heavy atom. The minimum atomic E-state index is -0.0748. The summed E-state index contributed by atoms with van der Waals surface area (Å²) in [6.45, 7) is 0. The predicted molar refractivity (Wildman–Crippen MR) is 88.0 cm³/mol. The fourth-order valence-corrected chi connectivity index (χ4v) is 3.08. The summed E-state index contributed by atoms with van der Waals surface area (Å²) >= 11 is 1.61. The van der Waals surface area contributed by atoms with Gasteiger partial charge in [0.15, 0.2) is 5.58 Å². The molecule has 0 radical (unpaired) electrons. The lowest BCUT2D eigenvalue weighted by Crippen LogP contribution is -2.12. The van der Waals surface area contributed by atoms with E-state index in [-0.39, 0.29) is 6.04 Å². The molecule has 22 heavy (non-hydrogen) atoms. The monoisotopic (exact) mass is 307 g/mol. The molecular weight excluding hydrogens is 294 g/mol. The van der Waals surface area contributed by atoms with E-state index in [2.05, 4.69) is 27.4 Å². The van der Waals surface area contributed by atoms with Gasteiger partial charge in [0, 0.05) is 11.6 Å². The van der Waals surface area contributed by atoms with Crippen LogP contribution >= 0.6 is 11.3 Å². The van der Waals surface area contributed by atoms with Crippen LogP contribution < -0.4 is 5.32 Å². The van der Waals surface area contributed by atoms with E-state index in [9.17, 15) is 0 Å². The van der Waals surface area contributed by atoms with Crippen LogP contribution in [-0.2, 0) is 0 Å². The zero-order chi connectivity index (χ0) is 14.8. The summed E-state index contributed by atoms with van der Waals surface area (Å²) in [7, 11) is 0. The summed E-state index contributed by atoms with van der Waals surface area (Å²) in [5.41, 5.74) is 2.74. The molecule has 1 unspecified atom stereocenters. The van der Waals surface area contributed by atoms with E-state index in [0.29, 0.717) is 6.01 Å². The average molecular weight is 307 g/mol. The lowest BCUT2D eigenvalue weighted by Gasteiger charge is -2.15. The third-order valence-electron chi connectivity index (χ3n) is 3.39. The van der Waals surface area contributed by atoms with Gasteiger partial charge in [-0.25, -0.2) is 4.98 Å². The molecule has 2 aromatic heterocycles. The lowest BCUT2D eigenvalue weighted by molar-refractivity contribution is 0.607. The van der Waals surface area contributed by atoms with Gasteiger partial charge in [-0.15, -0.1) is 11.3 Å². The van der Waals surface area contributed by atoms with Crippen molar-refractivity contribution in [2.24, 2.45) is 0 Å². The number of thiazole rings is 1. The maximum atomic E-state index is 5.77. The van der Waals surface area contributed by atoms with Crippen LogP contribution in [0.4, 0.5) is 6.01 Å². The van der Waals surface area contributed by atoms with Crippen LogP contribution in [0.5, 0.6) is 0 Å². The van der Waals surface area contributed by atoms with Gasteiger partial charge >= 0.3 is 0 Å². The molecule has 1 atom stereocenters. The van der Waals surface area contributed by atoms with Crippen molar-refractivity contribution >= 4 is 28.5 Å². The van der Waals surface area contributed by atoms with Crippen LogP contribution in [0.1, 0.15) is 16.6 Å². The lowest BCUT2D eigenvalue weighted by atomic mass is 10.1. The molecule has 5 heteroatoms. The Labute approximate surface area is 131 Å². The second-order valence-electron chi connectivity index (χ2n) is 4.85. The Kier molecular flexibility index (Phi) is 3.33. The number of benzene rings is 2. The zero-order valence-corrected chi connectivity index (χ0v) is 12.5. The molecule has 0 saturated heterocycles. The van der Waals surface area contributed by atoms with Gasteiger partial charge in [-0.3, -0.25) is 0 Å². The van der Waals surface area contributed by atoms with E-state index in [0.717, 1.165) is 21.7 Å². The van der Waals surface area contributed by atoms with Gasteiger partial charge in [-0.1, -0.05) is 42.5 Å². The molecule has 4 nitrogen and oxygen atoms in total. The number of para-hydroxylation sites is 2. The van der Waals surface area contributed by atoms with Gasteiger partial charge in [-0.05, 0) is 17.7 Å². The molecule has 1 N–H and O–H groups in total. The minimum Gasteiger partial charge on any atom is -0.424 e. The normalized spacial score (nSPS) is 12.4. The number of nitrogens with one attached hydrogen (secondary N) is 1. The summed E-state index contributed by atoms with van der Waals surface area (Å²) < 4.78 is 5.77. The molecule has 0 aliphatic heterocycles. The standard InChI is InChI=1S/C17H13N3OS/c1-2-6-12(7-3-1)15(16-18-10-11-22-16)20-17-19-13-8-4-5-9-14(13)21-17/h1-11,15H,(H,19,20). The fourth-order valence-electron chi connectivity index (χ4n) is 2.37. The maximum Gasteiger partial charge on any atom is 0.296 e. The van der Waals surface area contributed by atoms with E-state index in [1.807, 2.05) is 54.0 Å². The second kappa shape index (κ2) is 5.61. The van der Waals surface area contributed by atoms with Gasteiger partial charge in [0.1, 0.15) is 16.6 Å². The van der Waals surface area contributed by atoms with Crippen LogP contribution in [-0.4, -0.2) is 9.97 Å². The van der Waals surface area contributed by atoms with Crippen LogP contribution in [0.3, 0.4) is 0 Å². The van der Waals surface area contributed by atoms with E-state index in [1.54, 1.807) is 11.3 Å². The highest BCUT2D eigenvalue weighted by molar-refractivity contribution is 7.09. The first kappa shape index (κ1) is 13.0. The molecule has 0 aliphatic carbocycles. The molecule has 0 bridgehead atoms. The molecular formula is C17H13N3OS. The third-order valence-corrected chi connectivity index (χ3v) is 4.23. The van der Waals surface area contributed by atoms with Crippen LogP contribution in [0.15, 0.2) is 70.6 Å². The average Bonchev–Trinajstić information content (AvgIpc) is 3.22. The van der Waals surface area contributed by atoms with Crippen molar-refractivity contribution in [2.75, 3.05) is 5.32 Å². The van der Waals surface area contributed by atoms with Crippen molar-refractivity contribution in [3.05, 3.63) is 76.7 Å². The number of hydrogen-bond acceptors (Lipinski definition) is 5. The number of hydrogen-bond donors (Lipinski definition) is 1. The highest BCUT2D eigenvalue weighted by Gasteiger charge is 2.19. The SMILES string of the molecule is c1ccc(C(Nc2nc3ccccc3o2)c2nccs2)cc1. The summed E-state index contributed by atoms with van der Waals surface area (Å²) in [5, 5.41) is 6.31. The van der Waals surface area contributed by atoms with E-state index in [1.165, 1.54) is 0 Å². The highest BCUT2D eigenvalue weighted by atomic mass is 32.1. The number of oxazole rings is 1. The summed E-state index contributed by atoms with van der Waals surface area (Å²) in [6, 6.07) is 18.3. The third kappa shape index (κ3) is 2.46. The number of fused-ring (bicyclic) bond motifs is 1. The van der Waals surface area contributed by atoms with Crippen molar-refractivity contribution in [3.63, 3.8) is 0 Å². The minimum absolute atomic E-state index is 0.0748. The molecule has 0 aliphatic rings. The molecule has 4 aromatic rings.